The van der Waals surface area contributed by atoms with Gasteiger partial charge in [0.15, 0.2) is 0 Å². The second-order valence-electron chi connectivity index (χ2n) is 2.71. The number of aromatic nitrogens is 3. The molecule has 4 nitrogen and oxygen atoms in total. The lowest BCUT2D eigenvalue weighted by Gasteiger charge is -2.00. The lowest BCUT2D eigenvalue weighted by atomic mass is 10.3. The first-order chi connectivity index (χ1) is 7.32. The summed E-state index contributed by atoms with van der Waals surface area (Å²) < 4.78 is 24.6. The molecule has 0 spiro atoms. The van der Waals surface area contributed by atoms with Crippen molar-refractivity contribution >= 4 is 26.8 Å². The summed E-state index contributed by atoms with van der Waals surface area (Å²) >= 11 is 3.27. The highest BCUT2D eigenvalue weighted by Gasteiger charge is 2.08. The third-order valence-electron chi connectivity index (χ3n) is 1.86. The summed E-state index contributed by atoms with van der Waals surface area (Å²) in [7, 11) is 1.56. The number of fused-ring (bicyclic) bond motifs is 1. The van der Waals surface area contributed by atoms with E-state index in [0.717, 1.165) is 4.68 Å². The zero-order valence-corrected chi connectivity index (χ0v) is 8.37. The van der Waals surface area contributed by atoms with Crippen LogP contribution in [0.25, 0.3) is 10.9 Å². The predicted molar refractivity (Wildman–Crippen MR) is 53.7 cm³/mol. The molecule has 0 radical (unpaired) electrons. The van der Waals surface area contributed by atoms with Crippen LogP contribution >= 0.6 is 15.9 Å². The van der Waals surface area contributed by atoms with Crippen molar-refractivity contribution in [2.45, 2.75) is 0 Å². The van der Waals surface area contributed by atoms with Gasteiger partial charge in [-0.3, -0.25) is 9.48 Å². The smallest absolute Gasteiger partial charge is 0.276 e. The zero-order chi connectivity index (χ0) is 12.1. The molecule has 2 heterocycles. The van der Waals surface area contributed by atoms with Gasteiger partial charge < -0.3 is 4.57 Å². The minimum absolute atomic E-state index is 0.0804. The van der Waals surface area contributed by atoms with Gasteiger partial charge in [0.1, 0.15) is 5.52 Å². The minimum Gasteiger partial charge on any atom is -0.316 e. The Hall–Kier alpha value is -1.10. The number of hydrogen-bond acceptors (Lipinski definition) is 2. The van der Waals surface area contributed by atoms with E-state index in [2.05, 4.69) is 21.0 Å². The molecule has 0 aliphatic heterocycles. The van der Waals surface area contributed by atoms with Crippen molar-refractivity contribution in [1.29, 1.82) is 0 Å². The van der Waals surface area contributed by atoms with Crippen molar-refractivity contribution in [1.82, 2.24) is 14.3 Å². The fraction of sp³-hybridized carbons (Fsp3) is 0.250. The molecule has 0 saturated heterocycles. The summed E-state index contributed by atoms with van der Waals surface area (Å²) in [6.07, 6.45) is 2.95. The first-order valence-electron chi connectivity index (χ1n) is 5.05. The number of halogens is 1. The van der Waals surface area contributed by atoms with Gasteiger partial charge in [-0.1, -0.05) is 0 Å². The van der Waals surface area contributed by atoms with Crippen molar-refractivity contribution in [2.75, 3.05) is 0 Å². The maximum atomic E-state index is 11.8. The standard InChI is InChI=1S/C8H8BrN3O/c1-11-4-6(9)5-3-10-12(2)7(5)8(11)13/h3-4H,1-2H3/i2D3. The molecule has 0 aliphatic carbocycles. The van der Waals surface area contributed by atoms with Gasteiger partial charge in [-0.2, -0.15) is 5.10 Å². The Morgan fingerprint density at radius 2 is 2.46 bits per heavy atom. The summed E-state index contributed by atoms with van der Waals surface area (Å²) in [6, 6.07) is 0. The van der Waals surface area contributed by atoms with E-state index < -0.39 is 6.98 Å². The molecule has 0 saturated carbocycles. The Morgan fingerprint density at radius 1 is 1.69 bits per heavy atom. The van der Waals surface area contributed by atoms with Crippen molar-refractivity contribution in [2.24, 2.45) is 14.0 Å². The van der Waals surface area contributed by atoms with E-state index in [4.69, 9.17) is 4.11 Å². The average molecular weight is 245 g/mol. The van der Waals surface area contributed by atoms with Crippen LogP contribution in [0.1, 0.15) is 4.11 Å². The molecule has 0 aromatic carbocycles. The number of pyridine rings is 1. The quantitative estimate of drug-likeness (QED) is 0.695. The van der Waals surface area contributed by atoms with Crippen LogP contribution in [-0.2, 0) is 14.0 Å². The summed E-state index contributed by atoms with van der Waals surface area (Å²) in [6.45, 7) is -2.45. The Balaban J connectivity index is 2.97. The highest BCUT2D eigenvalue weighted by Crippen LogP contribution is 2.19. The number of rotatable bonds is 0. The third kappa shape index (κ3) is 1.11. The molecule has 13 heavy (non-hydrogen) atoms. The van der Waals surface area contributed by atoms with E-state index in [0.29, 0.717) is 9.86 Å². The Bertz CT molecular complexity index is 613. The van der Waals surface area contributed by atoms with E-state index in [1.165, 1.54) is 10.8 Å². The summed E-state index contributed by atoms with van der Waals surface area (Å²) in [5.41, 5.74) is -0.302. The second kappa shape index (κ2) is 2.70. The summed E-state index contributed by atoms with van der Waals surface area (Å²) in [4.78, 5) is 11.8. The van der Waals surface area contributed by atoms with Gasteiger partial charge in [-0.05, 0) is 15.9 Å². The molecule has 68 valence electrons. The Kier molecular flexibility index (Phi) is 1.16. The van der Waals surface area contributed by atoms with Gasteiger partial charge in [0.25, 0.3) is 5.56 Å². The van der Waals surface area contributed by atoms with Crippen LogP contribution in [0.2, 0.25) is 0 Å². The van der Waals surface area contributed by atoms with Crippen molar-refractivity contribution in [3.05, 3.63) is 27.2 Å². The van der Waals surface area contributed by atoms with E-state index in [-0.39, 0.29) is 11.1 Å². The summed E-state index contributed by atoms with van der Waals surface area (Å²) in [5.74, 6) is 0. The molecule has 0 N–H and O–H groups in total. The third-order valence-corrected chi connectivity index (χ3v) is 2.49. The van der Waals surface area contributed by atoms with Crippen molar-refractivity contribution in [3.8, 4) is 0 Å². The molecule has 5 heteroatoms. The first-order valence-corrected chi connectivity index (χ1v) is 4.35. The minimum atomic E-state index is -2.45. The van der Waals surface area contributed by atoms with E-state index in [9.17, 15) is 4.79 Å². The van der Waals surface area contributed by atoms with Crippen LogP contribution in [0, 0.1) is 0 Å². The number of aryl methyl sites for hydroxylation is 2. The lowest BCUT2D eigenvalue weighted by Crippen LogP contribution is -2.18. The molecule has 0 fully saturated rings. The van der Waals surface area contributed by atoms with Crippen LogP contribution < -0.4 is 5.56 Å². The fourth-order valence-corrected chi connectivity index (χ4v) is 1.79. The largest absolute Gasteiger partial charge is 0.316 e. The molecular weight excluding hydrogens is 234 g/mol. The maximum Gasteiger partial charge on any atom is 0.276 e. The highest BCUT2D eigenvalue weighted by atomic mass is 79.9. The molecule has 0 aliphatic rings. The van der Waals surface area contributed by atoms with Crippen molar-refractivity contribution in [3.63, 3.8) is 0 Å². The molecule has 0 bridgehead atoms. The second-order valence-corrected chi connectivity index (χ2v) is 3.57. The maximum absolute atomic E-state index is 11.8. The van der Waals surface area contributed by atoms with Crippen molar-refractivity contribution < 1.29 is 4.11 Å². The Morgan fingerprint density at radius 3 is 3.15 bits per heavy atom. The number of hydrogen-bond donors (Lipinski definition) is 0. The molecule has 2 rings (SSSR count). The van der Waals surface area contributed by atoms with Crippen LogP contribution in [-0.4, -0.2) is 14.3 Å². The monoisotopic (exact) mass is 244 g/mol. The average Bonchev–Trinajstić information content (AvgIpc) is 2.58. The lowest BCUT2D eigenvalue weighted by molar-refractivity contribution is 0.778. The predicted octanol–water partition coefficient (Wildman–Crippen LogP) is 1.03. The first kappa shape index (κ1) is 5.59. The van der Waals surface area contributed by atoms with Crippen LogP contribution in [0.3, 0.4) is 0 Å². The van der Waals surface area contributed by atoms with Crippen LogP contribution in [0.4, 0.5) is 0 Å². The topological polar surface area (TPSA) is 39.8 Å². The van der Waals surface area contributed by atoms with Crippen LogP contribution in [0.5, 0.6) is 0 Å². The van der Waals surface area contributed by atoms with E-state index >= 15 is 0 Å². The van der Waals surface area contributed by atoms with Gasteiger partial charge in [0.2, 0.25) is 0 Å². The number of nitrogens with zero attached hydrogens (tertiary/aromatic N) is 3. The molecule has 2 aromatic rings. The molecule has 0 atom stereocenters. The SMILES string of the molecule is [2H]C([2H])([2H])n1ncc2c(Br)cn(C)c(=O)c21. The fourth-order valence-electron chi connectivity index (χ4n) is 1.19. The molecule has 0 amide bonds. The van der Waals surface area contributed by atoms with Gasteiger partial charge in [0, 0.05) is 34.2 Å². The van der Waals surface area contributed by atoms with Gasteiger partial charge in [-0.15, -0.1) is 0 Å². The zero-order valence-electron chi connectivity index (χ0n) is 9.78. The highest BCUT2D eigenvalue weighted by molar-refractivity contribution is 9.10. The molecule has 0 unspecified atom stereocenters. The van der Waals surface area contributed by atoms with Gasteiger partial charge in [-0.25, -0.2) is 0 Å². The van der Waals surface area contributed by atoms with Gasteiger partial charge >= 0.3 is 0 Å². The normalized spacial score (nSPS) is 15.4. The summed E-state index contributed by atoms with van der Waals surface area (Å²) in [5, 5.41) is 4.24. The Labute approximate surface area is 87.1 Å². The van der Waals surface area contributed by atoms with E-state index in [1.54, 1.807) is 13.2 Å². The van der Waals surface area contributed by atoms with E-state index in [1.807, 2.05) is 0 Å². The van der Waals surface area contributed by atoms with Gasteiger partial charge in [0.05, 0.1) is 6.20 Å². The molecular formula is C8H8BrN3O. The van der Waals surface area contributed by atoms with Crippen LogP contribution in [0.15, 0.2) is 21.7 Å². The molecule has 2 aromatic heterocycles.